The second kappa shape index (κ2) is 5.63. The molecule has 0 aliphatic heterocycles. The summed E-state index contributed by atoms with van der Waals surface area (Å²) in [6, 6.07) is 12.0. The van der Waals surface area contributed by atoms with Gasteiger partial charge in [-0.25, -0.2) is 0 Å². The summed E-state index contributed by atoms with van der Waals surface area (Å²) in [6.45, 7) is 5.62. The summed E-state index contributed by atoms with van der Waals surface area (Å²) in [5.41, 5.74) is 0.181. The second-order valence-electron chi connectivity index (χ2n) is 4.73. The minimum atomic E-state index is -0.866. The molecule has 90 valence electrons. The molecule has 1 aromatic rings. The van der Waals surface area contributed by atoms with Crippen LogP contribution in [0.3, 0.4) is 0 Å². The van der Waals surface area contributed by atoms with E-state index < -0.39 is 5.41 Å². The van der Waals surface area contributed by atoms with Crippen LogP contribution in [0.4, 0.5) is 0 Å². The van der Waals surface area contributed by atoms with E-state index in [1.165, 1.54) is 0 Å². The van der Waals surface area contributed by atoms with Gasteiger partial charge >= 0.3 is 0 Å². The van der Waals surface area contributed by atoms with Gasteiger partial charge in [0.1, 0.15) is 5.41 Å². The number of ketones is 1. The first-order chi connectivity index (χ1) is 8.05. The van der Waals surface area contributed by atoms with Crippen molar-refractivity contribution in [2.24, 2.45) is 11.3 Å². The van der Waals surface area contributed by atoms with Gasteiger partial charge in [0, 0.05) is 5.92 Å². The molecular formula is C15H19NO. The lowest BCUT2D eigenvalue weighted by molar-refractivity contribution is -0.129. The molecule has 2 nitrogen and oxygen atoms in total. The van der Waals surface area contributed by atoms with Crippen LogP contribution in [0.2, 0.25) is 0 Å². The molecule has 0 spiro atoms. The molecule has 0 bridgehead atoms. The molecule has 0 radical (unpaired) electrons. The Hall–Kier alpha value is -1.62. The zero-order valence-electron chi connectivity index (χ0n) is 10.7. The number of carbonyl (C=O) groups excluding carboxylic acids is 1. The van der Waals surface area contributed by atoms with Crippen LogP contribution in [-0.4, -0.2) is 5.78 Å². The van der Waals surface area contributed by atoms with E-state index in [1.54, 1.807) is 0 Å². The molecule has 1 atom stereocenters. The SMILES string of the molecule is CCC(C#N)(Cc1ccccc1)C(=O)C(C)C. The Morgan fingerprint density at radius 1 is 1.35 bits per heavy atom. The highest BCUT2D eigenvalue weighted by molar-refractivity contribution is 5.89. The van der Waals surface area contributed by atoms with Gasteiger partial charge in [0.15, 0.2) is 5.78 Å². The van der Waals surface area contributed by atoms with Gasteiger partial charge in [-0.2, -0.15) is 5.26 Å². The van der Waals surface area contributed by atoms with Gasteiger partial charge in [0.05, 0.1) is 6.07 Å². The van der Waals surface area contributed by atoms with Gasteiger partial charge in [-0.05, 0) is 18.4 Å². The van der Waals surface area contributed by atoms with E-state index in [1.807, 2.05) is 51.1 Å². The molecule has 0 aromatic heterocycles. The average Bonchev–Trinajstić information content (AvgIpc) is 2.36. The standard InChI is InChI=1S/C15H19NO/c1-4-15(11-16,14(17)12(2)3)10-13-8-6-5-7-9-13/h5-9,12H,4,10H2,1-3H3. The predicted molar refractivity (Wildman–Crippen MR) is 68.3 cm³/mol. The zero-order chi connectivity index (χ0) is 12.9. The van der Waals surface area contributed by atoms with Crippen LogP contribution in [0.15, 0.2) is 30.3 Å². The topological polar surface area (TPSA) is 40.9 Å². The van der Waals surface area contributed by atoms with Crippen molar-refractivity contribution in [3.63, 3.8) is 0 Å². The summed E-state index contributed by atoms with van der Waals surface area (Å²) in [5.74, 6) is -0.0512. The summed E-state index contributed by atoms with van der Waals surface area (Å²) < 4.78 is 0. The summed E-state index contributed by atoms with van der Waals surface area (Å²) in [5, 5.41) is 9.39. The number of rotatable bonds is 5. The van der Waals surface area contributed by atoms with Crippen molar-refractivity contribution in [3.05, 3.63) is 35.9 Å². The average molecular weight is 229 g/mol. The van der Waals surface area contributed by atoms with Gasteiger partial charge in [0.2, 0.25) is 0 Å². The van der Waals surface area contributed by atoms with Crippen molar-refractivity contribution < 1.29 is 4.79 Å². The molecule has 0 amide bonds. The fraction of sp³-hybridized carbons (Fsp3) is 0.467. The van der Waals surface area contributed by atoms with Gasteiger partial charge in [-0.3, -0.25) is 4.79 Å². The minimum absolute atomic E-state index is 0.0475. The first kappa shape index (κ1) is 13.4. The van der Waals surface area contributed by atoms with E-state index in [9.17, 15) is 10.1 Å². The maximum atomic E-state index is 12.2. The van der Waals surface area contributed by atoms with Crippen molar-refractivity contribution in [3.8, 4) is 6.07 Å². The summed E-state index contributed by atoms with van der Waals surface area (Å²) >= 11 is 0. The smallest absolute Gasteiger partial charge is 0.155 e. The quantitative estimate of drug-likeness (QED) is 0.776. The van der Waals surface area contributed by atoms with Crippen molar-refractivity contribution in [1.29, 1.82) is 5.26 Å². The van der Waals surface area contributed by atoms with E-state index in [0.29, 0.717) is 12.8 Å². The largest absolute Gasteiger partial charge is 0.298 e. The highest BCUT2D eigenvalue weighted by Crippen LogP contribution is 2.30. The summed E-state index contributed by atoms with van der Waals surface area (Å²) in [7, 11) is 0. The van der Waals surface area contributed by atoms with Gasteiger partial charge in [-0.1, -0.05) is 51.1 Å². The Kier molecular flexibility index (Phi) is 4.45. The number of hydrogen-bond acceptors (Lipinski definition) is 2. The fourth-order valence-corrected chi connectivity index (χ4v) is 2.06. The Bertz CT molecular complexity index is 416. The number of nitrogens with zero attached hydrogens (tertiary/aromatic N) is 1. The Labute approximate surface area is 103 Å². The van der Waals surface area contributed by atoms with E-state index in [2.05, 4.69) is 6.07 Å². The van der Waals surface area contributed by atoms with Crippen molar-refractivity contribution >= 4 is 5.78 Å². The molecule has 0 N–H and O–H groups in total. The van der Waals surface area contributed by atoms with Crippen LogP contribution in [0.25, 0.3) is 0 Å². The molecule has 0 heterocycles. The van der Waals surface area contributed by atoms with Gasteiger partial charge in [-0.15, -0.1) is 0 Å². The Morgan fingerprint density at radius 2 is 1.94 bits per heavy atom. The number of hydrogen-bond donors (Lipinski definition) is 0. The van der Waals surface area contributed by atoms with E-state index >= 15 is 0 Å². The number of nitriles is 1. The maximum Gasteiger partial charge on any atom is 0.155 e. The zero-order valence-corrected chi connectivity index (χ0v) is 10.7. The van der Waals surface area contributed by atoms with E-state index in [4.69, 9.17) is 0 Å². The monoisotopic (exact) mass is 229 g/mol. The van der Waals surface area contributed by atoms with Gasteiger partial charge < -0.3 is 0 Å². The molecular weight excluding hydrogens is 210 g/mol. The van der Waals surface area contributed by atoms with Crippen LogP contribution < -0.4 is 0 Å². The summed E-state index contributed by atoms with van der Waals surface area (Å²) in [4.78, 5) is 12.2. The second-order valence-corrected chi connectivity index (χ2v) is 4.73. The van der Waals surface area contributed by atoms with Crippen LogP contribution >= 0.6 is 0 Å². The lowest BCUT2D eigenvalue weighted by atomic mass is 9.73. The molecule has 0 saturated carbocycles. The number of carbonyl (C=O) groups is 1. The van der Waals surface area contributed by atoms with Crippen molar-refractivity contribution in [2.75, 3.05) is 0 Å². The van der Waals surface area contributed by atoms with Crippen molar-refractivity contribution in [1.82, 2.24) is 0 Å². The van der Waals surface area contributed by atoms with Crippen molar-refractivity contribution in [2.45, 2.75) is 33.6 Å². The van der Waals surface area contributed by atoms with Crippen LogP contribution in [0.1, 0.15) is 32.8 Å². The Balaban J connectivity index is 3.02. The van der Waals surface area contributed by atoms with E-state index in [0.717, 1.165) is 5.56 Å². The lowest BCUT2D eigenvalue weighted by Gasteiger charge is -2.25. The molecule has 2 heteroatoms. The molecule has 0 saturated heterocycles. The Morgan fingerprint density at radius 3 is 2.35 bits per heavy atom. The molecule has 0 aliphatic carbocycles. The highest BCUT2D eigenvalue weighted by Gasteiger charge is 2.38. The third kappa shape index (κ3) is 2.94. The molecule has 1 unspecified atom stereocenters. The third-order valence-electron chi connectivity index (χ3n) is 3.16. The van der Waals surface area contributed by atoms with Crippen LogP contribution in [0, 0.1) is 22.7 Å². The highest BCUT2D eigenvalue weighted by atomic mass is 16.1. The maximum absolute atomic E-state index is 12.2. The predicted octanol–water partition coefficient (Wildman–Crippen LogP) is 3.37. The summed E-state index contributed by atoms with van der Waals surface area (Å²) in [6.07, 6.45) is 1.08. The number of benzene rings is 1. The van der Waals surface area contributed by atoms with E-state index in [-0.39, 0.29) is 11.7 Å². The number of Topliss-reactive ketones (excluding diaryl/α,β-unsaturated/α-hetero) is 1. The van der Waals surface area contributed by atoms with Crippen LogP contribution in [-0.2, 0) is 11.2 Å². The van der Waals surface area contributed by atoms with Gasteiger partial charge in [0.25, 0.3) is 0 Å². The molecule has 0 fully saturated rings. The minimum Gasteiger partial charge on any atom is -0.298 e. The lowest BCUT2D eigenvalue weighted by Crippen LogP contribution is -2.34. The molecule has 1 aromatic carbocycles. The fourth-order valence-electron chi connectivity index (χ4n) is 2.06. The molecule has 1 rings (SSSR count). The third-order valence-corrected chi connectivity index (χ3v) is 3.16. The first-order valence-corrected chi connectivity index (χ1v) is 6.05. The van der Waals surface area contributed by atoms with Crippen LogP contribution in [0.5, 0.6) is 0 Å². The molecule has 17 heavy (non-hydrogen) atoms. The normalized spacial score (nSPS) is 14.1. The first-order valence-electron chi connectivity index (χ1n) is 6.05. The molecule has 0 aliphatic rings.